The molecule has 4 atom stereocenters. The standard InChI is InChI=1S/C13H27NOS/c1-10-8-13(3,4)9-12(10)14-7-6-11(2)16(5)15/h10-12,14H,6-9H2,1-5H3. The molecule has 0 spiro atoms. The lowest BCUT2D eigenvalue weighted by molar-refractivity contribution is 0.362. The fourth-order valence-electron chi connectivity index (χ4n) is 2.81. The van der Waals surface area contributed by atoms with Gasteiger partial charge in [-0.25, -0.2) is 0 Å². The lowest BCUT2D eigenvalue weighted by atomic mass is 9.91. The molecule has 0 amide bonds. The molecule has 2 nitrogen and oxygen atoms in total. The monoisotopic (exact) mass is 245 g/mol. The van der Waals surface area contributed by atoms with Crippen LogP contribution in [0.4, 0.5) is 0 Å². The van der Waals surface area contributed by atoms with E-state index in [1.54, 1.807) is 6.26 Å². The van der Waals surface area contributed by atoms with E-state index in [2.05, 4.69) is 33.0 Å². The normalized spacial score (nSPS) is 32.6. The molecule has 1 saturated carbocycles. The van der Waals surface area contributed by atoms with Crippen molar-refractivity contribution < 1.29 is 4.21 Å². The highest BCUT2D eigenvalue weighted by Crippen LogP contribution is 2.40. The topological polar surface area (TPSA) is 29.1 Å². The molecular formula is C13H27NOS. The van der Waals surface area contributed by atoms with E-state index in [9.17, 15) is 4.21 Å². The molecule has 0 heterocycles. The quantitative estimate of drug-likeness (QED) is 0.806. The smallest absolute Gasteiger partial charge is 0.0329 e. The van der Waals surface area contributed by atoms with Crippen molar-refractivity contribution in [2.45, 2.75) is 58.2 Å². The maximum Gasteiger partial charge on any atom is 0.0329 e. The second-order valence-electron chi connectivity index (χ2n) is 6.21. The van der Waals surface area contributed by atoms with Gasteiger partial charge in [0, 0.05) is 28.3 Å². The van der Waals surface area contributed by atoms with Gasteiger partial charge < -0.3 is 5.32 Å². The molecule has 4 unspecified atom stereocenters. The van der Waals surface area contributed by atoms with Gasteiger partial charge in [-0.15, -0.1) is 0 Å². The zero-order chi connectivity index (χ0) is 12.3. The molecule has 1 rings (SSSR count). The minimum absolute atomic E-state index is 0.317. The summed E-state index contributed by atoms with van der Waals surface area (Å²) in [4.78, 5) is 0. The first-order valence-electron chi connectivity index (χ1n) is 6.37. The first-order chi connectivity index (χ1) is 7.32. The Morgan fingerprint density at radius 1 is 1.44 bits per heavy atom. The molecule has 0 radical (unpaired) electrons. The summed E-state index contributed by atoms with van der Waals surface area (Å²) in [5.74, 6) is 0.775. The first-order valence-corrected chi connectivity index (χ1v) is 7.99. The van der Waals surface area contributed by atoms with Crippen LogP contribution in [0.15, 0.2) is 0 Å². The highest BCUT2D eigenvalue weighted by atomic mass is 32.2. The molecule has 96 valence electrons. The van der Waals surface area contributed by atoms with Crippen molar-refractivity contribution in [3.05, 3.63) is 0 Å². The molecular weight excluding hydrogens is 218 g/mol. The summed E-state index contributed by atoms with van der Waals surface area (Å²) in [6.45, 7) is 10.1. The van der Waals surface area contributed by atoms with Crippen molar-refractivity contribution in [1.82, 2.24) is 5.32 Å². The van der Waals surface area contributed by atoms with Crippen molar-refractivity contribution in [2.24, 2.45) is 11.3 Å². The Kier molecular flexibility index (Phi) is 4.99. The fraction of sp³-hybridized carbons (Fsp3) is 1.00. The first kappa shape index (κ1) is 14.2. The minimum atomic E-state index is -0.677. The third-order valence-corrected chi connectivity index (χ3v) is 5.23. The van der Waals surface area contributed by atoms with E-state index in [0.29, 0.717) is 16.7 Å². The zero-order valence-corrected chi connectivity index (χ0v) is 12.2. The van der Waals surface area contributed by atoms with Crippen molar-refractivity contribution in [2.75, 3.05) is 12.8 Å². The summed E-state index contributed by atoms with van der Waals surface area (Å²) in [5.41, 5.74) is 0.496. The Labute approximate surface area is 103 Å². The van der Waals surface area contributed by atoms with Crippen LogP contribution in [0.1, 0.15) is 47.0 Å². The molecule has 0 aromatic heterocycles. The maximum atomic E-state index is 11.2. The zero-order valence-electron chi connectivity index (χ0n) is 11.4. The Balaban J connectivity index is 2.26. The van der Waals surface area contributed by atoms with Crippen LogP contribution >= 0.6 is 0 Å². The predicted molar refractivity (Wildman–Crippen MR) is 72.1 cm³/mol. The Bertz CT molecular complexity index is 252. The van der Waals surface area contributed by atoms with E-state index in [4.69, 9.17) is 0 Å². The summed E-state index contributed by atoms with van der Waals surface area (Å²) in [5, 5.41) is 3.96. The third-order valence-electron chi connectivity index (χ3n) is 3.86. The molecule has 3 heteroatoms. The van der Waals surface area contributed by atoms with Gasteiger partial charge in [0.1, 0.15) is 0 Å². The molecule has 0 bridgehead atoms. The van der Waals surface area contributed by atoms with Gasteiger partial charge in [-0.05, 0) is 37.1 Å². The average Bonchev–Trinajstić information content (AvgIpc) is 2.39. The maximum absolute atomic E-state index is 11.2. The minimum Gasteiger partial charge on any atom is -0.314 e. The van der Waals surface area contributed by atoms with Gasteiger partial charge in [-0.3, -0.25) is 4.21 Å². The van der Waals surface area contributed by atoms with Crippen LogP contribution in [-0.2, 0) is 10.8 Å². The second-order valence-corrected chi connectivity index (χ2v) is 8.01. The molecule has 0 saturated heterocycles. The van der Waals surface area contributed by atoms with Crippen LogP contribution in [0.2, 0.25) is 0 Å². The Morgan fingerprint density at radius 2 is 2.06 bits per heavy atom. The van der Waals surface area contributed by atoms with Gasteiger partial charge >= 0.3 is 0 Å². The average molecular weight is 245 g/mol. The van der Waals surface area contributed by atoms with Crippen LogP contribution in [0.3, 0.4) is 0 Å². The van der Waals surface area contributed by atoms with Gasteiger partial charge in [0.2, 0.25) is 0 Å². The van der Waals surface area contributed by atoms with Crippen LogP contribution in [0, 0.1) is 11.3 Å². The van der Waals surface area contributed by atoms with Gasteiger partial charge in [-0.2, -0.15) is 0 Å². The summed E-state index contributed by atoms with van der Waals surface area (Å²) in [6, 6.07) is 0.660. The van der Waals surface area contributed by atoms with Crippen molar-refractivity contribution in [3.8, 4) is 0 Å². The summed E-state index contributed by atoms with van der Waals surface area (Å²) in [6.07, 6.45) is 5.41. The van der Waals surface area contributed by atoms with E-state index in [1.807, 2.05) is 0 Å². The summed E-state index contributed by atoms with van der Waals surface area (Å²) < 4.78 is 11.2. The van der Waals surface area contributed by atoms with Crippen LogP contribution in [0.25, 0.3) is 0 Å². The molecule has 1 fully saturated rings. The Morgan fingerprint density at radius 3 is 2.50 bits per heavy atom. The van der Waals surface area contributed by atoms with Gasteiger partial charge in [-0.1, -0.05) is 27.7 Å². The molecule has 0 aromatic rings. The second kappa shape index (κ2) is 5.63. The lowest BCUT2D eigenvalue weighted by Crippen LogP contribution is -2.33. The molecule has 1 N–H and O–H groups in total. The van der Waals surface area contributed by atoms with Gasteiger partial charge in [0.25, 0.3) is 0 Å². The highest BCUT2D eigenvalue weighted by Gasteiger charge is 2.36. The van der Waals surface area contributed by atoms with E-state index >= 15 is 0 Å². The number of hydrogen-bond donors (Lipinski definition) is 1. The SMILES string of the molecule is CC1CC(C)(C)CC1NCCC(C)S(C)=O. The Hall–Kier alpha value is 0.110. The van der Waals surface area contributed by atoms with E-state index in [0.717, 1.165) is 18.9 Å². The van der Waals surface area contributed by atoms with Crippen molar-refractivity contribution in [3.63, 3.8) is 0 Å². The van der Waals surface area contributed by atoms with Crippen LogP contribution < -0.4 is 5.32 Å². The van der Waals surface area contributed by atoms with Crippen LogP contribution in [-0.4, -0.2) is 28.3 Å². The highest BCUT2D eigenvalue weighted by molar-refractivity contribution is 7.84. The van der Waals surface area contributed by atoms with Gasteiger partial charge in [0.15, 0.2) is 0 Å². The summed E-state index contributed by atoms with van der Waals surface area (Å²) >= 11 is 0. The van der Waals surface area contributed by atoms with Crippen molar-refractivity contribution >= 4 is 10.8 Å². The van der Waals surface area contributed by atoms with E-state index in [1.165, 1.54) is 12.8 Å². The van der Waals surface area contributed by atoms with E-state index < -0.39 is 10.8 Å². The lowest BCUT2D eigenvalue weighted by Gasteiger charge is -2.19. The molecule has 1 aliphatic rings. The molecule has 0 aliphatic heterocycles. The summed E-state index contributed by atoms with van der Waals surface area (Å²) in [7, 11) is -0.677. The van der Waals surface area contributed by atoms with Gasteiger partial charge in [0.05, 0.1) is 0 Å². The predicted octanol–water partition coefficient (Wildman–Crippen LogP) is 2.56. The van der Waals surface area contributed by atoms with E-state index in [-0.39, 0.29) is 0 Å². The van der Waals surface area contributed by atoms with Crippen molar-refractivity contribution in [1.29, 1.82) is 0 Å². The molecule has 1 aliphatic carbocycles. The number of nitrogens with one attached hydrogen (secondary N) is 1. The number of rotatable bonds is 5. The fourth-order valence-corrected chi connectivity index (χ4v) is 3.25. The molecule has 0 aromatic carbocycles. The largest absolute Gasteiger partial charge is 0.314 e. The third kappa shape index (κ3) is 4.17. The number of hydrogen-bond acceptors (Lipinski definition) is 2. The van der Waals surface area contributed by atoms with Crippen LogP contribution in [0.5, 0.6) is 0 Å². The molecule has 16 heavy (non-hydrogen) atoms.